The number of aromatic nitrogens is 2. The van der Waals surface area contributed by atoms with Crippen LogP contribution in [0.25, 0.3) is 27.5 Å². The largest absolute Gasteiger partial charge is 0.318 e. The first-order valence-corrected chi connectivity index (χ1v) is 8.87. The molecule has 2 aromatic heterocycles. The third kappa shape index (κ3) is 2.57. The van der Waals surface area contributed by atoms with E-state index in [-0.39, 0.29) is 0 Å². The van der Waals surface area contributed by atoms with Gasteiger partial charge in [0, 0.05) is 33.6 Å². The molecule has 2 heterocycles. The van der Waals surface area contributed by atoms with Gasteiger partial charge in [0.15, 0.2) is 0 Å². The normalized spacial score (nSPS) is 10.9. The Morgan fingerprint density at radius 3 is 2.25 bits per heavy atom. The average molecular weight is 330 g/mol. The van der Waals surface area contributed by atoms with Crippen molar-refractivity contribution in [1.29, 1.82) is 0 Å². The molecule has 0 spiro atoms. The quantitative estimate of drug-likeness (QED) is 0.458. The van der Waals surface area contributed by atoms with E-state index in [1.165, 1.54) is 28.2 Å². The van der Waals surface area contributed by atoms with Crippen molar-refractivity contribution in [3.05, 3.63) is 83.5 Å². The van der Waals surface area contributed by atoms with E-state index in [4.69, 9.17) is 4.98 Å². The Bertz CT molecular complexity index is 966. The SMILES string of the molecule is Cc1cc(-c2csc(-c3ccccc3)n2)c(C)n1-c1ccccc1. The maximum Gasteiger partial charge on any atom is 0.124 e. The first-order valence-electron chi connectivity index (χ1n) is 8.00. The molecule has 118 valence electrons. The molecule has 0 aliphatic rings. The standard InChI is InChI=1S/C21H18N2S/c1-15-13-19(16(2)23(15)18-11-7-4-8-12-18)20-14-24-21(22-20)17-9-5-3-6-10-17/h3-14H,1-2H3. The second-order valence-electron chi connectivity index (χ2n) is 5.86. The zero-order chi connectivity index (χ0) is 16.5. The summed E-state index contributed by atoms with van der Waals surface area (Å²) in [6, 6.07) is 23.1. The Labute approximate surface area is 146 Å². The topological polar surface area (TPSA) is 17.8 Å². The van der Waals surface area contributed by atoms with E-state index in [2.05, 4.69) is 78.4 Å². The van der Waals surface area contributed by atoms with Crippen molar-refractivity contribution in [2.45, 2.75) is 13.8 Å². The van der Waals surface area contributed by atoms with E-state index < -0.39 is 0 Å². The minimum Gasteiger partial charge on any atom is -0.318 e. The van der Waals surface area contributed by atoms with Crippen LogP contribution in [-0.2, 0) is 0 Å². The van der Waals surface area contributed by atoms with Gasteiger partial charge in [0.25, 0.3) is 0 Å². The molecular weight excluding hydrogens is 312 g/mol. The summed E-state index contributed by atoms with van der Waals surface area (Å²) >= 11 is 1.70. The minimum atomic E-state index is 1.05. The molecule has 0 radical (unpaired) electrons. The fraction of sp³-hybridized carbons (Fsp3) is 0.0952. The van der Waals surface area contributed by atoms with E-state index in [9.17, 15) is 0 Å². The molecule has 0 atom stereocenters. The van der Waals surface area contributed by atoms with Crippen LogP contribution in [0.15, 0.2) is 72.1 Å². The molecule has 0 saturated heterocycles. The third-order valence-electron chi connectivity index (χ3n) is 4.25. The van der Waals surface area contributed by atoms with Gasteiger partial charge in [0.05, 0.1) is 5.69 Å². The lowest BCUT2D eigenvalue weighted by molar-refractivity contribution is 0.966. The van der Waals surface area contributed by atoms with E-state index >= 15 is 0 Å². The summed E-state index contributed by atoms with van der Waals surface area (Å²) in [4.78, 5) is 4.86. The zero-order valence-corrected chi connectivity index (χ0v) is 14.5. The molecule has 0 unspecified atom stereocenters. The molecule has 4 rings (SSSR count). The summed E-state index contributed by atoms with van der Waals surface area (Å²) in [6.07, 6.45) is 0. The van der Waals surface area contributed by atoms with Crippen LogP contribution < -0.4 is 0 Å². The highest BCUT2D eigenvalue weighted by atomic mass is 32.1. The van der Waals surface area contributed by atoms with Crippen LogP contribution >= 0.6 is 11.3 Å². The van der Waals surface area contributed by atoms with Gasteiger partial charge in [-0.1, -0.05) is 48.5 Å². The average Bonchev–Trinajstić information content (AvgIpc) is 3.21. The van der Waals surface area contributed by atoms with E-state index in [0.29, 0.717) is 0 Å². The van der Waals surface area contributed by atoms with Crippen molar-refractivity contribution >= 4 is 11.3 Å². The maximum atomic E-state index is 4.86. The molecule has 0 N–H and O–H groups in total. The molecule has 4 aromatic rings. The molecule has 2 nitrogen and oxygen atoms in total. The van der Waals surface area contributed by atoms with Gasteiger partial charge in [0.1, 0.15) is 5.01 Å². The van der Waals surface area contributed by atoms with Gasteiger partial charge in [0.2, 0.25) is 0 Å². The fourth-order valence-electron chi connectivity index (χ4n) is 3.11. The van der Waals surface area contributed by atoms with Gasteiger partial charge in [-0.2, -0.15) is 0 Å². The van der Waals surface area contributed by atoms with Crippen molar-refractivity contribution < 1.29 is 0 Å². The number of thiazole rings is 1. The van der Waals surface area contributed by atoms with Gasteiger partial charge in [-0.05, 0) is 32.0 Å². The van der Waals surface area contributed by atoms with Crippen LogP contribution in [0, 0.1) is 13.8 Å². The number of hydrogen-bond donors (Lipinski definition) is 0. The van der Waals surface area contributed by atoms with Gasteiger partial charge in [-0.25, -0.2) is 4.98 Å². The van der Waals surface area contributed by atoms with Crippen LogP contribution in [0.4, 0.5) is 0 Å². The van der Waals surface area contributed by atoms with Crippen LogP contribution in [0.1, 0.15) is 11.4 Å². The molecule has 0 fully saturated rings. The molecule has 24 heavy (non-hydrogen) atoms. The van der Waals surface area contributed by atoms with Crippen LogP contribution in [0.3, 0.4) is 0 Å². The summed E-state index contributed by atoms with van der Waals surface area (Å²) in [7, 11) is 0. The monoisotopic (exact) mass is 330 g/mol. The number of hydrogen-bond acceptors (Lipinski definition) is 2. The molecule has 0 aliphatic carbocycles. The van der Waals surface area contributed by atoms with E-state index in [0.717, 1.165) is 10.7 Å². The fourth-order valence-corrected chi connectivity index (χ4v) is 3.93. The predicted molar refractivity (Wildman–Crippen MR) is 102 cm³/mol. The second-order valence-corrected chi connectivity index (χ2v) is 6.72. The van der Waals surface area contributed by atoms with Gasteiger partial charge < -0.3 is 4.57 Å². The highest BCUT2D eigenvalue weighted by Gasteiger charge is 2.15. The zero-order valence-electron chi connectivity index (χ0n) is 13.7. The maximum absolute atomic E-state index is 4.86. The smallest absolute Gasteiger partial charge is 0.124 e. The Morgan fingerprint density at radius 1 is 0.875 bits per heavy atom. The molecule has 2 aromatic carbocycles. The highest BCUT2D eigenvalue weighted by molar-refractivity contribution is 7.13. The lowest BCUT2D eigenvalue weighted by Gasteiger charge is -2.09. The minimum absolute atomic E-state index is 1.05. The number of para-hydroxylation sites is 1. The summed E-state index contributed by atoms with van der Waals surface area (Å²) in [5.74, 6) is 0. The van der Waals surface area contributed by atoms with Gasteiger partial charge in [-0.3, -0.25) is 0 Å². The van der Waals surface area contributed by atoms with Crippen LogP contribution in [-0.4, -0.2) is 9.55 Å². The lowest BCUT2D eigenvalue weighted by atomic mass is 10.2. The Hall–Kier alpha value is -2.65. The molecule has 3 heteroatoms. The molecule has 0 amide bonds. The first-order chi connectivity index (χ1) is 11.7. The predicted octanol–water partition coefficient (Wildman–Crippen LogP) is 5.88. The summed E-state index contributed by atoms with van der Waals surface area (Å²) in [5.41, 5.74) is 7.07. The number of benzene rings is 2. The van der Waals surface area contributed by atoms with Crippen molar-refractivity contribution in [3.8, 4) is 27.5 Å². The van der Waals surface area contributed by atoms with Crippen molar-refractivity contribution in [1.82, 2.24) is 9.55 Å². The molecule has 0 saturated carbocycles. The second kappa shape index (κ2) is 6.10. The molecule has 0 aliphatic heterocycles. The molecular formula is C21H18N2S. The highest BCUT2D eigenvalue weighted by Crippen LogP contribution is 2.33. The lowest BCUT2D eigenvalue weighted by Crippen LogP contribution is -1.98. The number of aryl methyl sites for hydroxylation is 1. The van der Waals surface area contributed by atoms with Crippen molar-refractivity contribution in [2.24, 2.45) is 0 Å². The Balaban J connectivity index is 1.78. The van der Waals surface area contributed by atoms with Gasteiger partial charge in [-0.15, -0.1) is 11.3 Å². The number of nitrogens with zero attached hydrogens (tertiary/aromatic N) is 2. The number of rotatable bonds is 3. The summed E-state index contributed by atoms with van der Waals surface area (Å²) in [5, 5.41) is 3.22. The third-order valence-corrected chi connectivity index (χ3v) is 5.14. The van der Waals surface area contributed by atoms with Crippen LogP contribution in [0.5, 0.6) is 0 Å². The van der Waals surface area contributed by atoms with Crippen molar-refractivity contribution in [2.75, 3.05) is 0 Å². The molecule has 0 bridgehead atoms. The Morgan fingerprint density at radius 2 is 1.54 bits per heavy atom. The van der Waals surface area contributed by atoms with E-state index in [1.807, 2.05) is 12.1 Å². The van der Waals surface area contributed by atoms with Crippen molar-refractivity contribution in [3.63, 3.8) is 0 Å². The first kappa shape index (κ1) is 14.9. The Kier molecular flexibility index (Phi) is 3.79. The summed E-state index contributed by atoms with van der Waals surface area (Å²) in [6.45, 7) is 4.31. The van der Waals surface area contributed by atoms with Crippen LogP contribution in [0.2, 0.25) is 0 Å². The van der Waals surface area contributed by atoms with Gasteiger partial charge >= 0.3 is 0 Å². The summed E-state index contributed by atoms with van der Waals surface area (Å²) < 4.78 is 2.29. The van der Waals surface area contributed by atoms with E-state index in [1.54, 1.807) is 11.3 Å².